The Morgan fingerprint density at radius 1 is 1.17 bits per heavy atom. The Morgan fingerprint density at radius 3 is 2.73 bits per heavy atom. The van der Waals surface area contributed by atoms with Crippen LogP contribution in [0.1, 0.15) is 37.3 Å². The lowest BCUT2D eigenvalue weighted by Gasteiger charge is -2.35. The highest BCUT2D eigenvalue weighted by atomic mass is 32.1. The van der Waals surface area contributed by atoms with Gasteiger partial charge in [0.25, 0.3) is 5.91 Å². The summed E-state index contributed by atoms with van der Waals surface area (Å²) in [4.78, 5) is 33.0. The molecule has 3 aliphatic rings. The van der Waals surface area contributed by atoms with Crippen LogP contribution in [0.4, 0.5) is 5.13 Å². The van der Waals surface area contributed by atoms with Crippen LogP contribution in [0.5, 0.6) is 11.5 Å². The quantitative estimate of drug-likeness (QED) is 0.743. The van der Waals surface area contributed by atoms with Crippen molar-refractivity contribution >= 4 is 28.2 Å². The molecule has 0 saturated heterocycles. The molecule has 8 heteroatoms. The average Bonchev–Trinajstić information content (AvgIpc) is 3.40. The van der Waals surface area contributed by atoms with Crippen LogP contribution in [-0.4, -0.2) is 37.0 Å². The molecule has 1 amide bonds. The molecular formula is C22H22N2O5S. The van der Waals surface area contributed by atoms with Gasteiger partial charge in [-0.2, -0.15) is 0 Å². The topological polar surface area (TPSA) is 78.0 Å². The number of benzene rings is 1. The van der Waals surface area contributed by atoms with E-state index in [4.69, 9.17) is 14.2 Å². The maximum atomic E-state index is 13.6. The van der Waals surface area contributed by atoms with Crippen molar-refractivity contribution in [3.8, 4) is 11.5 Å². The number of anilines is 1. The van der Waals surface area contributed by atoms with Gasteiger partial charge in [-0.3, -0.25) is 14.5 Å². The van der Waals surface area contributed by atoms with Crippen LogP contribution in [0.25, 0.3) is 0 Å². The summed E-state index contributed by atoms with van der Waals surface area (Å²) in [6.45, 7) is 0. The third-order valence-electron chi connectivity index (χ3n) is 6.12. The number of fused-ring (bicyclic) bond motifs is 1. The highest BCUT2D eigenvalue weighted by Crippen LogP contribution is 2.50. The lowest BCUT2D eigenvalue weighted by Crippen LogP contribution is -2.39. The number of hydrogen-bond acceptors (Lipinski definition) is 7. The van der Waals surface area contributed by atoms with Crippen LogP contribution in [0.3, 0.4) is 0 Å². The van der Waals surface area contributed by atoms with Gasteiger partial charge in [-0.1, -0.05) is 6.42 Å². The Labute approximate surface area is 178 Å². The maximum Gasteiger partial charge on any atom is 0.296 e. The fourth-order valence-corrected chi connectivity index (χ4v) is 5.39. The summed E-state index contributed by atoms with van der Waals surface area (Å²) in [5.74, 6) is 0.817. The molecule has 5 rings (SSSR count). The summed E-state index contributed by atoms with van der Waals surface area (Å²) < 4.78 is 17.2. The van der Waals surface area contributed by atoms with Gasteiger partial charge in [0.15, 0.2) is 16.7 Å². The highest BCUT2D eigenvalue weighted by Gasteiger charge is 2.53. The molecule has 1 saturated carbocycles. The molecular weight excluding hydrogens is 404 g/mol. The van der Waals surface area contributed by atoms with Gasteiger partial charge in [0.05, 0.1) is 25.7 Å². The summed E-state index contributed by atoms with van der Waals surface area (Å²) in [6.07, 6.45) is 5.01. The SMILES string of the molecule is COc1ccc(OC)c(C2C3=C(OC4CCCCC4C3=O)C(=O)N2c2nccs2)c1. The van der Waals surface area contributed by atoms with E-state index in [0.717, 1.165) is 25.7 Å². The van der Waals surface area contributed by atoms with Gasteiger partial charge in [-0.25, -0.2) is 4.98 Å². The molecule has 0 bridgehead atoms. The number of thiazole rings is 1. The fourth-order valence-electron chi connectivity index (χ4n) is 4.72. The zero-order chi connectivity index (χ0) is 20.8. The number of methoxy groups -OCH3 is 2. The van der Waals surface area contributed by atoms with E-state index in [1.165, 1.54) is 11.3 Å². The number of carbonyl (C=O) groups excluding carboxylic acids is 2. The largest absolute Gasteiger partial charge is 0.497 e. The molecule has 2 aliphatic heterocycles. The molecule has 3 unspecified atom stereocenters. The molecule has 30 heavy (non-hydrogen) atoms. The van der Waals surface area contributed by atoms with Crippen molar-refractivity contribution in [3.05, 3.63) is 46.7 Å². The van der Waals surface area contributed by atoms with Gasteiger partial charge >= 0.3 is 0 Å². The third-order valence-corrected chi connectivity index (χ3v) is 6.89. The van der Waals surface area contributed by atoms with Crippen LogP contribution in [0.2, 0.25) is 0 Å². The molecule has 1 aromatic carbocycles. The van der Waals surface area contributed by atoms with Crippen LogP contribution in [-0.2, 0) is 14.3 Å². The average molecular weight is 426 g/mol. The molecule has 3 heterocycles. The smallest absolute Gasteiger partial charge is 0.296 e. The van der Waals surface area contributed by atoms with Crippen LogP contribution in [0, 0.1) is 5.92 Å². The lowest BCUT2D eigenvalue weighted by molar-refractivity contribution is -0.131. The van der Waals surface area contributed by atoms with Crippen LogP contribution >= 0.6 is 11.3 Å². The van der Waals surface area contributed by atoms with Crippen molar-refractivity contribution in [2.45, 2.75) is 37.8 Å². The van der Waals surface area contributed by atoms with Gasteiger partial charge in [0.1, 0.15) is 23.6 Å². The van der Waals surface area contributed by atoms with Crippen molar-refractivity contribution in [1.29, 1.82) is 0 Å². The molecule has 7 nitrogen and oxygen atoms in total. The molecule has 2 aromatic rings. The number of amides is 1. The number of Topliss-reactive ketones (excluding diaryl/α,β-unsaturated/α-hetero) is 1. The third kappa shape index (κ3) is 2.81. The molecule has 0 spiro atoms. The zero-order valence-corrected chi connectivity index (χ0v) is 17.6. The first kappa shape index (κ1) is 19.1. The minimum Gasteiger partial charge on any atom is -0.497 e. The maximum absolute atomic E-state index is 13.6. The molecule has 0 radical (unpaired) electrons. The number of aromatic nitrogens is 1. The summed E-state index contributed by atoms with van der Waals surface area (Å²) in [6, 6.07) is 4.72. The molecule has 0 N–H and O–H groups in total. The summed E-state index contributed by atoms with van der Waals surface area (Å²) >= 11 is 1.35. The van der Waals surface area contributed by atoms with Gasteiger partial charge < -0.3 is 14.2 Å². The Morgan fingerprint density at radius 2 is 2.00 bits per heavy atom. The van der Waals surface area contributed by atoms with Gasteiger partial charge in [0, 0.05) is 17.1 Å². The second-order valence-corrected chi connectivity index (χ2v) is 8.53. The number of nitrogens with zero attached hydrogens (tertiary/aromatic N) is 2. The molecule has 1 aromatic heterocycles. The van der Waals surface area contributed by atoms with Gasteiger partial charge in [-0.05, 0) is 37.5 Å². The van der Waals surface area contributed by atoms with Crippen molar-refractivity contribution in [2.75, 3.05) is 19.1 Å². The first-order chi connectivity index (χ1) is 14.6. The first-order valence-corrected chi connectivity index (χ1v) is 10.9. The Kier molecular flexibility index (Phi) is 4.73. The summed E-state index contributed by atoms with van der Waals surface area (Å²) in [5, 5.41) is 2.33. The predicted octanol–water partition coefficient (Wildman–Crippen LogP) is 3.66. The Bertz CT molecular complexity index is 1030. The molecule has 1 fully saturated rings. The minimum atomic E-state index is -0.668. The Hall–Kier alpha value is -2.87. The van der Waals surface area contributed by atoms with Crippen LogP contribution in [0.15, 0.2) is 41.1 Å². The number of hydrogen-bond donors (Lipinski definition) is 0. The van der Waals surface area contributed by atoms with Crippen molar-refractivity contribution < 1.29 is 23.8 Å². The standard InChI is InChI=1S/C22H22N2O5S/c1-27-12-7-8-15(28-2)14(11-12)18-17-19(25)13-5-3-4-6-16(13)29-20(17)21(26)24(18)22-23-9-10-30-22/h7-11,13,16,18H,3-6H2,1-2H3. The second kappa shape index (κ2) is 7.43. The number of ether oxygens (including phenoxy) is 3. The molecule has 1 aliphatic carbocycles. The van der Waals surface area contributed by atoms with E-state index in [-0.39, 0.29) is 29.5 Å². The predicted molar refractivity (Wildman–Crippen MR) is 111 cm³/mol. The zero-order valence-electron chi connectivity index (χ0n) is 16.8. The van der Waals surface area contributed by atoms with E-state index in [0.29, 0.717) is 27.8 Å². The van der Waals surface area contributed by atoms with Gasteiger partial charge in [-0.15, -0.1) is 11.3 Å². The van der Waals surface area contributed by atoms with Crippen molar-refractivity contribution in [1.82, 2.24) is 4.98 Å². The van der Waals surface area contributed by atoms with E-state index in [1.54, 1.807) is 37.4 Å². The summed E-state index contributed by atoms with van der Waals surface area (Å²) in [7, 11) is 3.15. The number of rotatable bonds is 4. The van der Waals surface area contributed by atoms with E-state index < -0.39 is 6.04 Å². The normalized spacial score (nSPS) is 25.7. The monoisotopic (exact) mass is 426 g/mol. The fraction of sp³-hybridized carbons (Fsp3) is 0.409. The highest BCUT2D eigenvalue weighted by molar-refractivity contribution is 7.13. The molecule has 156 valence electrons. The van der Waals surface area contributed by atoms with Gasteiger partial charge in [0.2, 0.25) is 0 Å². The summed E-state index contributed by atoms with van der Waals surface area (Å²) in [5.41, 5.74) is 1.08. The van der Waals surface area contributed by atoms with E-state index in [9.17, 15) is 9.59 Å². The van der Waals surface area contributed by atoms with E-state index >= 15 is 0 Å². The van der Waals surface area contributed by atoms with Crippen LogP contribution < -0.4 is 14.4 Å². The molecule has 3 atom stereocenters. The van der Waals surface area contributed by atoms with Crippen molar-refractivity contribution in [3.63, 3.8) is 0 Å². The lowest BCUT2D eigenvalue weighted by atomic mass is 9.77. The second-order valence-electron chi connectivity index (χ2n) is 7.65. The van der Waals surface area contributed by atoms with E-state index in [1.807, 2.05) is 11.4 Å². The number of ketones is 1. The van der Waals surface area contributed by atoms with Crippen molar-refractivity contribution in [2.24, 2.45) is 5.92 Å². The Balaban J connectivity index is 1.70. The van der Waals surface area contributed by atoms with E-state index in [2.05, 4.69) is 4.98 Å². The first-order valence-electron chi connectivity index (χ1n) is 10.0. The minimum absolute atomic E-state index is 0.00299. The number of carbonyl (C=O) groups is 2.